The third kappa shape index (κ3) is 3.64. The van der Waals surface area contributed by atoms with Crippen molar-refractivity contribution in [1.82, 2.24) is 14.8 Å². The van der Waals surface area contributed by atoms with E-state index in [4.69, 9.17) is 0 Å². The van der Waals surface area contributed by atoms with Gasteiger partial charge in [-0.2, -0.15) is 5.10 Å². The van der Waals surface area contributed by atoms with Crippen LogP contribution in [0.15, 0.2) is 53.6 Å². The Hall–Kier alpha value is -3.48. The van der Waals surface area contributed by atoms with Gasteiger partial charge >= 0.3 is 5.97 Å². The molecular formula is C21H22N4O3. The first-order valence-electron chi connectivity index (χ1n) is 9.04. The molecule has 1 aromatic carbocycles. The van der Waals surface area contributed by atoms with Crippen molar-refractivity contribution in [2.75, 3.05) is 5.32 Å². The number of rotatable bonds is 6. The van der Waals surface area contributed by atoms with Crippen LogP contribution in [0.5, 0.6) is 0 Å². The summed E-state index contributed by atoms with van der Waals surface area (Å²) in [5.41, 5.74) is 2.50. The van der Waals surface area contributed by atoms with Gasteiger partial charge in [-0.05, 0) is 31.0 Å². The molecule has 0 aliphatic heterocycles. The first-order chi connectivity index (χ1) is 13.4. The molecule has 0 radical (unpaired) electrons. The fraction of sp³-hybridized carbons (Fsp3) is 0.238. The van der Waals surface area contributed by atoms with Gasteiger partial charge in [0.1, 0.15) is 5.69 Å². The Kier molecular flexibility index (Phi) is 5.54. The van der Waals surface area contributed by atoms with Gasteiger partial charge < -0.3 is 10.4 Å². The van der Waals surface area contributed by atoms with Gasteiger partial charge in [0, 0.05) is 24.2 Å². The van der Waals surface area contributed by atoms with Gasteiger partial charge in [-0.25, -0.2) is 9.48 Å². The van der Waals surface area contributed by atoms with Crippen molar-refractivity contribution >= 4 is 17.3 Å². The van der Waals surface area contributed by atoms with Crippen LogP contribution in [0.3, 0.4) is 0 Å². The SMILES string of the molecule is CCn1nc(C(=O)O)c(C(C)c2ccccc2)c(Nc2cnccc2C)c1=O. The first-order valence-corrected chi connectivity index (χ1v) is 9.04. The monoisotopic (exact) mass is 378 g/mol. The standard InChI is InChI=1S/C21H22N4O3/c1-4-25-20(26)18(23-16-12-22-11-10-13(16)2)17(19(24-25)21(27)28)14(3)15-8-6-5-7-9-15/h5-12,14,23H,4H2,1-3H3,(H,27,28). The maximum atomic E-state index is 13.1. The van der Waals surface area contributed by atoms with Gasteiger partial charge in [0.25, 0.3) is 5.56 Å². The second kappa shape index (κ2) is 8.04. The maximum absolute atomic E-state index is 13.1. The van der Waals surface area contributed by atoms with Crippen molar-refractivity contribution < 1.29 is 9.90 Å². The summed E-state index contributed by atoms with van der Waals surface area (Å²) in [6.07, 6.45) is 3.27. The predicted molar refractivity (Wildman–Crippen MR) is 107 cm³/mol. The molecule has 0 saturated heterocycles. The Labute approximate surface area is 162 Å². The molecule has 0 bridgehead atoms. The third-order valence-corrected chi connectivity index (χ3v) is 4.73. The molecule has 28 heavy (non-hydrogen) atoms. The highest BCUT2D eigenvalue weighted by atomic mass is 16.4. The quantitative estimate of drug-likeness (QED) is 0.681. The highest BCUT2D eigenvalue weighted by molar-refractivity contribution is 5.90. The fourth-order valence-electron chi connectivity index (χ4n) is 3.14. The van der Waals surface area contributed by atoms with Crippen LogP contribution in [0.4, 0.5) is 11.4 Å². The molecule has 7 nitrogen and oxygen atoms in total. The van der Waals surface area contributed by atoms with E-state index in [1.54, 1.807) is 19.3 Å². The fourth-order valence-corrected chi connectivity index (χ4v) is 3.14. The molecule has 0 spiro atoms. The lowest BCUT2D eigenvalue weighted by Crippen LogP contribution is -2.30. The molecule has 0 saturated carbocycles. The topological polar surface area (TPSA) is 97.1 Å². The van der Waals surface area contributed by atoms with Crippen LogP contribution in [-0.2, 0) is 6.54 Å². The predicted octanol–water partition coefficient (Wildman–Crippen LogP) is 3.56. The minimum Gasteiger partial charge on any atom is -0.476 e. The molecule has 0 fully saturated rings. The second-order valence-electron chi connectivity index (χ2n) is 6.51. The molecule has 0 amide bonds. The zero-order valence-electron chi connectivity index (χ0n) is 16.0. The Balaban J connectivity index is 2.28. The van der Waals surface area contributed by atoms with Crippen molar-refractivity contribution in [3.05, 3.63) is 81.5 Å². The Morgan fingerprint density at radius 2 is 1.96 bits per heavy atom. The van der Waals surface area contributed by atoms with Crippen molar-refractivity contribution in [3.8, 4) is 0 Å². The number of carboxylic acid groups (broad SMARTS) is 1. The first kappa shape index (κ1) is 19.3. The number of pyridine rings is 1. The molecule has 1 atom stereocenters. The molecule has 2 N–H and O–H groups in total. The van der Waals surface area contributed by atoms with E-state index in [-0.39, 0.29) is 29.4 Å². The number of carbonyl (C=O) groups is 1. The Bertz CT molecular complexity index is 1060. The van der Waals surface area contributed by atoms with Gasteiger partial charge in [-0.3, -0.25) is 9.78 Å². The smallest absolute Gasteiger partial charge is 0.356 e. The maximum Gasteiger partial charge on any atom is 0.356 e. The summed E-state index contributed by atoms with van der Waals surface area (Å²) in [5, 5.41) is 17.0. The van der Waals surface area contributed by atoms with Crippen LogP contribution in [-0.4, -0.2) is 25.8 Å². The van der Waals surface area contributed by atoms with E-state index in [9.17, 15) is 14.7 Å². The van der Waals surface area contributed by atoms with E-state index >= 15 is 0 Å². The number of hydrogen-bond acceptors (Lipinski definition) is 5. The third-order valence-electron chi connectivity index (χ3n) is 4.73. The second-order valence-corrected chi connectivity index (χ2v) is 6.51. The highest BCUT2D eigenvalue weighted by Crippen LogP contribution is 2.32. The summed E-state index contributed by atoms with van der Waals surface area (Å²) in [6, 6.07) is 11.3. The zero-order valence-corrected chi connectivity index (χ0v) is 16.0. The van der Waals surface area contributed by atoms with Crippen LogP contribution in [0.25, 0.3) is 0 Å². The number of nitrogens with zero attached hydrogens (tertiary/aromatic N) is 3. The minimum absolute atomic E-state index is 0.137. The number of aromatic carboxylic acids is 1. The molecule has 2 heterocycles. The number of aryl methyl sites for hydroxylation is 2. The normalized spacial score (nSPS) is 11.8. The van der Waals surface area contributed by atoms with E-state index < -0.39 is 5.97 Å². The molecule has 144 valence electrons. The highest BCUT2D eigenvalue weighted by Gasteiger charge is 2.27. The van der Waals surface area contributed by atoms with Gasteiger partial charge in [-0.1, -0.05) is 37.3 Å². The summed E-state index contributed by atoms with van der Waals surface area (Å²) < 4.78 is 1.17. The number of aromatic nitrogens is 3. The van der Waals surface area contributed by atoms with Crippen LogP contribution in [0.1, 0.15) is 46.9 Å². The van der Waals surface area contributed by atoms with Crippen LogP contribution < -0.4 is 10.9 Å². The lowest BCUT2D eigenvalue weighted by molar-refractivity contribution is 0.0685. The number of benzene rings is 1. The van der Waals surface area contributed by atoms with E-state index in [2.05, 4.69) is 15.4 Å². The Morgan fingerprint density at radius 1 is 1.25 bits per heavy atom. The number of anilines is 2. The van der Waals surface area contributed by atoms with Crippen molar-refractivity contribution in [1.29, 1.82) is 0 Å². The summed E-state index contributed by atoms with van der Waals surface area (Å²) in [6.45, 7) is 5.77. The molecule has 3 rings (SSSR count). The molecule has 2 aromatic heterocycles. The minimum atomic E-state index is -1.18. The lowest BCUT2D eigenvalue weighted by atomic mass is 9.90. The van der Waals surface area contributed by atoms with E-state index in [0.29, 0.717) is 11.3 Å². The average Bonchev–Trinajstić information content (AvgIpc) is 2.70. The summed E-state index contributed by atoms with van der Waals surface area (Å²) in [5.74, 6) is -1.52. The van der Waals surface area contributed by atoms with Crippen LogP contribution >= 0.6 is 0 Å². The van der Waals surface area contributed by atoms with Gasteiger partial charge in [0.2, 0.25) is 0 Å². The van der Waals surface area contributed by atoms with Crippen molar-refractivity contribution in [2.24, 2.45) is 0 Å². The van der Waals surface area contributed by atoms with Crippen LogP contribution in [0.2, 0.25) is 0 Å². The molecule has 1 unspecified atom stereocenters. The lowest BCUT2D eigenvalue weighted by Gasteiger charge is -2.21. The molecule has 0 aliphatic rings. The van der Waals surface area contributed by atoms with E-state index in [1.807, 2.05) is 50.2 Å². The molecule has 0 aliphatic carbocycles. The summed E-state index contributed by atoms with van der Waals surface area (Å²) in [7, 11) is 0. The molecular weight excluding hydrogens is 356 g/mol. The summed E-state index contributed by atoms with van der Waals surface area (Å²) >= 11 is 0. The summed E-state index contributed by atoms with van der Waals surface area (Å²) in [4.78, 5) is 29.2. The molecule has 3 aromatic rings. The largest absolute Gasteiger partial charge is 0.476 e. The van der Waals surface area contributed by atoms with E-state index in [0.717, 1.165) is 11.1 Å². The van der Waals surface area contributed by atoms with Crippen LogP contribution in [0, 0.1) is 6.92 Å². The average molecular weight is 378 g/mol. The number of carboxylic acids is 1. The van der Waals surface area contributed by atoms with Crippen molar-refractivity contribution in [2.45, 2.75) is 33.2 Å². The van der Waals surface area contributed by atoms with E-state index in [1.165, 1.54) is 4.68 Å². The van der Waals surface area contributed by atoms with Gasteiger partial charge in [0.15, 0.2) is 5.69 Å². The number of nitrogens with one attached hydrogen (secondary N) is 1. The van der Waals surface area contributed by atoms with Gasteiger partial charge in [-0.15, -0.1) is 0 Å². The van der Waals surface area contributed by atoms with Gasteiger partial charge in [0.05, 0.1) is 11.9 Å². The van der Waals surface area contributed by atoms with Crippen molar-refractivity contribution in [3.63, 3.8) is 0 Å². The Morgan fingerprint density at radius 3 is 2.57 bits per heavy atom. The number of hydrogen-bond donors (Lipinski definition) is 2. The molecule has 7 heteroatoms. The zero-order chi connectivity index (χ0) is 20.3.